The molecule has 7 heteroatoms. The lowest BCUT2D eigenvalue weighted by molar-refractivity contribution is -0.137. The van der Waals surface area contributed by atoms with E-state index in [1.807, 2.05) is 30.3 Å². The third-order valence-electron chi connectivity index (χ3n) is 5.21. The number of benzene rings is 2. The predicted octanol–water partition coefficient (Wildman–Crippen LogP) is 6.08. The van der Waals surface area contributed by atoms with Gasteiger partial charge in [0.25, 0.3) is 0 Å². The maximum absolute atomic E-state index is 13.3. The molecule has 3 aromatic rings. The van der Waals surface area contributed by atoms with Gasteiger partial charge in [-0.1, -0.05) is 36.4 Å². The molecule has 0 spiro atoms. The number of rotatable bonds is 9. The van der Waals surface area contributed by atoms with E-state index in [0.29, 0.717) is 30.6 Å². The summed E-state index contributed by atoms with van der Waals surface area (Å²) >= 11 is 1.61. The summed E-state index contributed by atoms with van der Waals surface area (Å²) in [5, 5.41) is 10.5. The second-order valence-corrected chi connectivity index (χ2v) is 8.84. The molecular formula is C24H24F3NO2S. The highest BCUT2D eigenvalue weighted by molar-refractivity contribution is 7.99. The van der Waals surface area contributed by atoms with Gasteiger partial charge in [0, 0.05) is 28.8 Å². The van der Waals surface area contributed by atoms with Crippen LogP contribution in [0, 0.1) is 0 Å². The predicted molar refractivity (Wildman–Crippen MR) is 116 cm³/mol. The highest BCUT2D eigenvalue weighted by atomic mass is 32.2. The number of alkyl halides is 3. The van der Waals surface area contributed by atoms with Gasteiger partial charge in [-0.15, -0.1) is 11.8 Å². The molecule has 0 saturated heterocycles. The van der Waals surface area contributed by atoms with E-state index in [1.54, 1.807) is 30.0 Å². The Kier molecular flexibility index (Phi) is 6.74. The Balaban J connectivity index is 1.40. The molecule has 1 aliphatic carbocycles. The number of aliphatic hydroxyl groups excluding tert-OH is 1. The number of hydrogen-bond donors (Lipinski definition) is 1. The number of halogens is 3. The minimum Gasteiger partial charge on any atom is -0.460 e. The van der Waals surface area contributed by atoms with E-state index in [0.717, 1.165) is 23.8 Å². The van der Waals surface area contributed by atoms with Gasteiger partial charge in [-0.25, -0.2) is 0 Å². The van der Waals surface area contributed by atoms with Crippen LogP contribution in [0.15, 0.2) is 76.0 Å². The molecule has 0 bridgehead atoms. The number of nitrogens with zero attached hydrogens (tertiary/aromatic N) is 1. The monoisotopic (exact) mass is 447 g/mol. The second kappa shape index (κ2) is 9.51. The van der Waals surface area contributed by atoms with Crippen molar-refractivity contribution >= 4 is 11.8 Å². The largest absolute Gasteiger partial charge is 0.460 e. The van der Waals surface area contributed by atoms with E-state index < -0.39 is 17.8 Å². The topological polar surface area (TPSA) is 36.6 Å². The van der Waals surface area contributed by atoms with Crippen molar-refractivity contribution in [1.82, 2.24) is 4.90 Å². The van der Waals surface area contributed by atoms with Gasteiger partial charge in [0.15, 0.2) is 0 Å². The van der Waals surface area contributed by atoms with Gasteiger partial charge in [0.05, 0.1) is 18.2 Å². The van der Waals surface area contributed by atoms with Gasteiger partial charge in [-0.2, -0.15) is 13.2 Å². The number of hydrogen-bond acceptors (Lipinski definition) is 4. The maximum Gasteiger partial charge on any atom is 0.417 e. The second-order valence-electron chi connectivity index (χ2n) is 7.75. The van der Waals surface area contributed by atoms with Crippen molar-refractivity contribution in [2.45, 2.75) is 42.6 Å². The molecule has 1 N–H and O–H groups in total. The molecule has 164 valence electrons. The molecule has 1 saturated carbocycles. The van der Waals surface area contributed by atoms with Crippen LogP contribution < -0.4 is 0 Å². The summed E-state index contributed by atoms with van der Waals surface area (Å²) in [6, 6.07) is 19.1. The molecule has 1 unspecified atom stereocenters. The van der Waals surface area contributed by atoms with Crippen LogP contribution in [-0.2, 0) is 12.7 Å². The number of aliphatic hydroxyl groups is 1. The SMILES string of the molecule is OC(CSc1ccccc1)CN(Cc1ccc(-c2ccccc2C(F)(F)F)o1)C1CC1. The van der Waals surface area contributed by atoms with E-state index in [1.165, 1.54) is 12.1 Å². The van der Waals surface area contributed by atoms with E-state index >= 15 is 0 Å². The third kappa shape index (κ3) is 5.93. The Labute approximate surface area is 183 Å². The molecule has 0 aliphatic heterocycles. The first-order valence-corrected chi connectivity index (χ1v) is 11.2. The molecule has 1 aliphatic rings. The summed E-state index contributed by atoms with van der Waals surface area (Å²) < 4.78 is 45.8. The number of thioether (sulfide) groups is 1. The van der Waals surface area contributed by atoms with Crippen molar-refractivity contribution in [2.75, 3.05) is 12.3 Å². The lowest BCUT2D eigenvalue weighted by Crippen LogP contribution is -2.34. The Hall–Kier alpha value is -2.22. The van der Waals surface area contributed by atoms with Crippen molar-refractivity contribution in [1.29, 1.82) is 0 Å². The Morgan fingerprint density at radius 2 is 1.71 bits per heavy atom. The van der Waals surface area contributed by atoms with Crippen LogP contribution in [0.2, 0.25) is 0 Å². The summed E-state index contributed by atoms with van der Waals surface area (Å²) in [7, 11) is 0. The zero-order valence-electron chi connectivity index (χ0n) is 16.9. The molecule has 0 amide bonds. The van der Waals surface area contributed by atoms with Gasteiger partial charge in [-0.05, 0) is 43.2 Å². The molecular weight excluding hydrogens is 423 g/mol. The minimum absolute atomic E-state index is 0.0403. The van der Waals surface area contributed by atoms with Gasteiger partial charge in [-0.3, -0.25) is 4.90 Å². The zero-order chi connectivity index (χ0) is 21.8. The van der Waals surface area contributed by atoms with Gasteiger partial charge < -0.3 is 9.52 Å². The summed E-state index contributed by atoms with van der Waals surface area (Å²) in [6.07, 6.45) is -2.83. The molecule has 3 nitrogen and oxygen atoms in total. The first kappa shape index (κ1) is 22.0. The Morgan fingerprint density at radius 3 is 2.42 bits per heavy atom. The molecule has 1 heterocycles. The fraction of sp³-hybridized carbons (Fsp3) is 0.333. The fourth-order valence-electron chi connectivity index (χ4n) is 3.57. The van der Waals surface area contributed by atoms with Crippen LogP contribution in [-0.4, -0.2) is 34.4 Å². The molecule has 1 aromatic heterocycles. The summed E-state index contributed by atoms with van der Waals surface area (Å²) in [5.74, 6) is 1.39. The molecule has 1 atom stereocenters. The normalized spacial score (nSPS) is 15.4. The van der Waals surface area contributed by atoms with Crippen molar-refractivity contribution < 1.29 is 22.7 Å². The highest BCUT2D eigenvalue weighted by Gasteiger charge is 2.34. The van der Waals surface area contributed by atoms with Crippen LogP contribution in [0.25, 0.3) is 11.3 Å². The van der Waals surface area contributed by atoms with Crippen molar-refractivity contribution in [3.63, 3.8) is 0 Å². The first-order valence-electron chi connectivity index (χ1n) is 10.3. The quantitative estimate of drug-likeness (QED) is 0.403. The molecule has 4 rings (SSSR count). The summed E-state index contributed by atoms with van der Waals surface area (Å²) in [6.45, 7) is 0.964. The first-order chi connectivity index (χ1) is 14.9. The van der Waals surface area contributed by atoms with Crippen LogP contribution in [0.1, 0.15) is 24.2 Å². The smallest absolute Gasteiger partial charge is 0.417 e. The Bertz CT molecular complexity index is 986. The van der Waals surface area contributed by atoms with Crippen molar-refractivity contribution in [2.24, 2.45) is 0 Å². The standard InChI is InChI=1S/C24H24F3NO2S/c25-24(26,27)22-9-5-4-8-21(22)23-13-12-19(30-23)15-28(17-10-11-17)14-18(29)16-31-20-6-2-1-3-7-20/h1-9,12-13,17-18,29H,10-11,14-16H2. The van der Waals surface area contributed by atoms with E-state index in [9.17, 15) is 18.3 Å². The van der Waals surface area contributed by atoms with Gasteiger partial charge in [0.1, 0.15) is 11.5 Å². The van der Waals surface area contributed by atoms with Crippen LogP contribution in [0.5, 0.6) is 0 Å². The molecule has 0 radical (unpaired) electrons. The summed E-state index contributed by atoms with van der Waals surface area (Å²) in [5.41, 5.74) is -0.665. The lowest BCUT2D eigenvalue weighted by atomic mass is 10.1. The fourth-order valence-corrected chi connectivity index (χ4v) is 4.41. The van der Waals surface area contributed by atoms with Gasteiger partial charge >= 0.3 is 6.18 Å². The summed E-state index contributed by atoms with van der Waals surface area (Å²) in [4.78, 5) is 3.27. The molecule has 1 fully saturated rings. The van der Waals surface area contributed by atoms with Gasteiger partial charge in [0.2, 0.25) is 0 Å². The lowest BCUT2D eigenvalue weighted by Gasteiger charge is -2.24. The van der Waals surface area contributed by atoms with Crippen LogP contribution >= 0.6 is 11.8 Å². The van der Waals surface area contributed by atoms with Crippen molar-refractivity contribution in [3.8, 4) is 11.3 Å². The highest BCUT2D eigenvalue weighted by Crippen LogP contribution is 2.38. The van der Waals surface area contributed by atoms with E-state index in [2.05, 4.69) is 4.90 Å². The number of furan rings is 1. The Morgan fingerprint density at radius 1 is 1.00 bits per heavy atom. The van der Waals surface area contributed by atoms with Crippen molar-refractivity contribution in [3.05, 3.63) is 78.1 Å². The molecule has 31 heavy (non-hydrogen) atoms. The van der Waals surface area contributed by atoms with E-state index in [4.69, 9.17) is 4.42 Å². The average molecular weight is 448 g/mol. The maximum atomic E-state index is 13.3. The van der Waals surface area contributed by atoms with E-state index in [-0.39, 0.29) is 11.3 Å². The van der Waals surface area contributed by atoms with Crippen LogP contribution in [0.4, 0.5) is 13.2 Å². The third-order valence-corrected chi connectivity index (χ3v) is 6.37. The zero-order valence-corrected chi connectivity index (χ0v) is 17.7. The minimum atomic E-state index is -4.44. The molecule has 2 aromatic carbocycles. The average Bonchev–Trinajstić information content (AvgIpc) is 3.51. The van der Waals surface area contributed by atoms with Crippen LogP contribution in [0.3, 0.4) is 0 Å².